The van der Waals surface area contributed by atoms with Gasteiger partial charge < -0.3 is 4.90 Å². The molecule has 4 heteroatoms. The fourth-order valence-corrected chi connectivity index (χ4v) is 2.44. The lowest BCUT2D eigenvalue weighted by Crippen LogP contribution is -2.37. The molecule has 0 spiro atoms. The maximum absolute atomic E-state index is 12.0. The van der Waals surface area contributed by atoms with Crippen LogP contribution in [0.5, 0.6) is 0 Å². The third-order valence-corrected chi connectivity index (χ3v) is 3.51. The average Bonchev–Trinajstić information content (AvgIpc) is 2.64. The zero-order chi connectivity index (χ0) is 13.7. The highest BCUT2D eigenvalue weighted by Crippen LogP contribution is 2.10. The number of pyridine rings is 1. The van der Waals surface area contributed by atoms with Crippen molar-refractivity contribution in [2.24, 2.45) is 5.92 Å². The van der Waals surface area contributed by atoms with E-state index >= 15 is 0 Å². The Morgan fingerprint density at radius 1 is 1.26 bits per heavy atom. The van der Waals surface area contributed by atoms with Gasteiger partial charge in [-0.05, 0) is 18.6 Å². The van der Waals surface area contributed by atoms with Crippen molar-refractivity contribution in [3.8, 4) is 0 Å². The Balaban J connectivity index is 1.88. The SMILES string of the molecule is CC(C)C(=O)N1CCCN(Cc2ccccn2)CC1. The van der Waals surface area contributed by atoms with Gasteiger partial charge in [-0.1, -0.05) is 19.9 Å². The second-order valence-corrected chi connectivity index (χ2v) is 5.43. The number of aromatic nitrogens is 1. The van der Waals surface area contributed by atoms with E-state index in [1.165, 1.54) is 0 Å². The maximum atomic E-state index is 12.0. The van der Waals surface area contributed by atoms with E-state index in [1.807, 2.05) is 37.1 Å². The third kappa shape index (κ3) is 4.03. The van der Waals surface area contributed by atoms with E-state index < -0.39 is 0 Å². The van der Waals surface area contributed by atoms with Crippen molar-refractivity contribution in [3.63, 3.8) is 0 Å². The van der Waals surface area contributed by atoms with E-state index in [0.717, 1.165) is 44.8 Å². The van der Waals surface area contributed by atoms with Gasteiger partial charge in [-0.3, -0.25) is 14.7 Å². The Hall–Kier alpha value is -1.42. The van der Waals surface area contributed by atoms with Crippen molar-refractivity contribution < 1.29 is 4.79 Å². The predicted molar refractivity (Wildman–Crippen MR) is 75.5 cm³/mol. The van der Waals surface area contributed by atoms with Crippen LogP contribution in [0.15, 0.2) is 24.4 Å². The molecule has 0 aromatic carbocycles. The largest absolute Gasteiger partial charge is 0.341 e. The van der Waals surface area contributed by atoms with Gasteiger partial charge in [0.1, 0.15) is 0 Å². The van der Waals surface area contributed by atoms with Crippen LogP contribution in [-0.2, 0) is 11.3 Å². The Morgan fingerprint density at radius 3 is 2.79 bits per heavy atom. The Bertz CT molecular complexity index is 405. The number of carbonyl (C=O) groups excluding carboxylic acids is 1. The van der Waals surface area contributed by atoms with E-state index in [1.54, 1.807) is 0 Å². The molecule has 1 fully saturated rings. The summed E-state index contributed by atoms with van der Waals surface area (Å²) in [6, 6.07) is 6.02. The summed E-state index contributed by atoms with van der Waals surface area (Å²) in [5.74, 6) is 0.377. The number of hydrogen-bond acceptors (Lipinski definition) is 3. The Labute approximate surface area is 115 Å². The van der Waals surface area contributed by atoms with Gasteiger partial charge in [0.15, 0.2) is 0 Å². The summed E-state index contributed by atoms with van der Waals surface area (Å²) in [6.45, 7) is 8.52. The zero-order valence-corrected chi connectivity index (χ0v) is 11.9. The van der Waals surface area contributed by atoms with Crippen molar-refractivity contribution >= 4 is 5.91 Å². The highest BCUT2D eigenvalue weighted by molar-refractivity contribution is 5.78. The molecule has 19 heavy (non-hydrogen) atoms. The first-order valence-corrected chi connectivity index (χ1v) is 7.08. The summed E-state index contributed by atoms with van der Waals surface area (Å²) in [6.07, 6.45) is 2.88. The van der Waals surface area contributed by atoms with Crippen molar-refractivity contribution in [3.05, 3.63) is 30.1 Å². The van der Waals surface area contributed by atoms with Crippen LogP contribution in [0.2, 0.25) is 0 Å². The molecular formula is C15H23N3O. The first kappa shape index (κ1) is 14.0. The highest BCUT2D eigenvalue weighted by Gasteiger charge is 2.20. The second kappa shape index (κ2) is 6.66. The smallest absolute Gasteiger partial charge is 0.225 e. The molecule has 1 aromatic heterocycles. The van der Waals surface area contributed by atoms with Crippen LogP contribution in [-0.4, -0.2) is 46.9 Å². The van der Waals surface area contributed by atoms with Crippen LogP contribution in [0.1, 0.15) is 26.0 Å². The second-order valence-electron chi connectivity index (χ2n) is 5.43. The minimum Gasteiger partial charge on any atom is -0.341 e. The Kier molecular flexibility index (Phi) is 4.91. The monoisotopic (exact) mass is 261 g/mol. The molecule has 0 radical (unpaired) electrons. The molecule has 1 amide bonds. The fourth-order valence-electron chi connectivity index (χ4n) is 2.44. The molecule has 0 bridgehead atoms. The summed E-state index contributed by atoms with van der Waals surface area (Å²) in [4.78, 5) is 20.8. The topological polar surface area (TPSA) is 36.4 Å². The van der Waals surface area contributed by atoms with Gasteiger partial charge in [0.05, 0.1) is 5.69 Å². The molecule has 0 saturated carbocycles. The molecule has 1 aromatic rings. The first-order valence-electron chi connectivity index (χ1n) is 7.08. The molecule has 0 aliphatic carbocycles. The van der Waals surface area contributed by atoms with Crippen LogP contribution < -0.4 is 0 Å². The highest BCUT2D eigenvalue weighted by atomic mass is 16.2. The lowest BCUT2D eigenvalue weighted by atomic mass is 10.2. The standard InChI is InChI=1S/C15H23N3O/c1-13(2)15(19)18-9-5-8-17(10-11-18)12-14-6-3-4-7-16-14/h3-4,6-7,13H,5,8-12H2,1-2H3. The maximum Gasteiger partial charge on any atom is 0.225 e. The van der Waals surface area contributed by atoms with Gasteiger partial charge in [-0.25, -0.2) is 0 Å². The van der Waals surface area contributed by atoms with E-state index in [9.17, 15) is 4.79 Å². The Morgan fingerprint density at radius 2 is 2.11 bits per heavy atom. The molecule has 4 nitrogen and oxygen atoms in total. The van der Waals surface area contributed by atoms with Gasteiger partial charge >= 0.3 is 0 Å². The van der Waals surface area contributed by atoms with Crippen molar-refractivity contribution in [1.29, 1.82) is 0 Å². The quantitative estimate of drug-likeness (QED) is 0.832. The molecule has 2 heterocycles. The summed E-state index contributed by atoms with van der Waals surface area (Å²) < 4.78 is 0. The van der Waals surface area contributed by atoms with Gasteiger partial charge in [-0.2, -0.15) is 0 Å². The number of nitrogens with zero attached hydrogens (tertiary/aromatic N) is 3. The molecule has 1 aliphatic rings. The first-order chi connectivity index (χ1) is 9.16. The summed E-state index contributed by atoms with van der Waals surface area (Å²) in [5.41, 5.74) is 1.10. The molecule has 0 N–H and O–H groups in total. The lowest BCUT2D eigenvalue weighted by molar-refractivity contribution is -0.134. The summed E-state index contributed by atoms with van der Waals surface area (Å²) in [7, 11) is 0. The van der Waals surface area contributed by atoms with Crippen LogP contribution in [0, 0.1) is 5.92 Å². The molecule has 2 rings (SSSR count). The minimum absolute atomic E-state index is 0.0994. The van der Waals surface area contributed by atoms with Crippen LogP contribution in [0.25, 0.3) is 0 Å². The number of hydrogen-bond donors (Lipinski definition) is 0. The molecule has 1 saturated heterocycles. The average molecular weight is 261 g/mol. The lowest BCUT2D eigenvalue weighted by Gasteiger charge is -2.23. The molecule has 1 aliphatic heterocycles. The predicted octanol–water partition coefficient (Wildman–Crippen LogP) is 1.77. The molecular weight excluding hydrogens is 238 g/mol. The summed E-state index contributed by atoms with van der Waals surface area (Å²) >= 11 is 0. The molecule has 0 atom stereocenters. The van der Waals surface area contributed by atoms with Crippen LogP contribution in [0.3, 0.4) is 0 Å². The van der Waals surface area contributed by atoms with Gasteiger partial charge in [0.2, 0.25) is 5.91 Å². The normalized spacial score (nSPS) is 17.5. The fraction of sp³-hybridized carbons (Fsp3) is 0.600. The van der Waals surface area contributed by atoms with Crippen molar-refractivity contribution in [2.45, 2.75) is 26.8 Å². The van der Waals surface area contributed by atoms with Crippen molar-refractivity contribution in [1.82, 2.24) is 14.8 Å². The minimum atomic E-state index is 0.0994. The zero-order valence-electron chi connectivity index (χ0n) is 11.9. The van der Waals surface area contributed by atoms with E-state index in [0.29, 0.717) is 0 Å². The molecule has 0 unspecified atom stereocenters. The van der Waals surface area contributed by atoms with E-state index in [-0.39, 0.29) is 11.8 Å². The van der Waals surface area contributed by atoms with Crippen LogP contribution >= 0.6 is 0 Å². The molecule has 104 valence electrons. The van der Waals surface area contributed by atoms with Gasteiger partial charge in [0.25, 0.3) is 0 Å². The third-order valence-electron chi connectivity index (χ3n) is 3.51. The van der Waals surface area contributed by atoms with E-state index in [2.05, 4.69) is 16.0 Å². The summed E-state index contributed by atoms with van der Waals surface area (Å²) in [5, 5.41) is 0. The number of carbonyl (C=O) groups is 1. The van der Waals surface area contributed by atoms with Gasteiger partial charge in [-0.15, -0.1) is 0 Å². The van der Waals surface area contributed by atoms with Crippen LogP contribution in [0.4, 0.5) is 0 Å². The van der Waals surface area contributed by atoms with Gasteiger partial charge in [0, 0.05) is 44.8 Å². The number of amides is 1. The van der Waals surface area contributed by atoms with Crippen molar-refractivity contribution in [2.75, 3.05) is 26.2 Å². The van der Waals surface area contributed by atoms with E-state index in [4.69, 9.17) is 0 Å². The number of rotatable bonds is 3.